The molecule has 2 unspecified atom stereocenters. The van der Waals surface area contributed by atoms with Gasteiger partial charge in [-0.05, 0) is 38.1 Å². The molecule has 0 aromatic rings. The van der Waals surface area contributed by atoms with Gasteiger partial charge in [-0.2, -0.15) is 0 Å². The SMILES string of the molecule is CCNC(C)CC(C)CC1CCCC1. The number of hydrogen-bond donors (Lipinski definition) is 1. The first-order valence-electron chi connectivity index (χ1n) is 6.45. The molecule has 1 heteroatoms. The van der Waals surface area contributed by atoms with Crippen LogP contribution in [0.25, 0.3) is 0 Å². The van der Waals surface area contributed by atoms with Crippen LogP contribution in [0.4, 0.5) is 0 Å². The van der Waals surface area contributed by atoms with Gasteiger partial charge in [-0.3, -0.25) is 0 Å². The molecular weight excluding hydrogens is 170 g/mol. The van der Waals surface area contributed by atoms with Crippen LogP contribution in [-0.4, -0.2) is 12.6 Å². The monoisotopic (exact) mass is 197 g/mol. The van der Waals surface area contributed by atoms with E-state index in [0.717, 1.165) is 18.4 Å². The van der Waals surface area contributed by atoms with Gasteiger partial charge in [-0.25, -0.2) is 0 Å². The molecule has 1 rings (SSSR count). The highest BCUT2D eigenvalue weighted by atomic mass is 14.9. The highest BCUT2D eigenvalue weighted by Crippen LogP contribution is 2.31. The number of rotatable bonds is 6. The summed E-state index contributed by atoms with van der Waals surface area (Å²) in [7, 11) is 0. The van der Waals surface area contributed by atoms with E-state index < -0.39 is 0 Å². The molecule has 1 fully saturated rings. The zero-order valence-corrected chi connectivity index (χ0v) is 10.2. The van der Waals surface area contributed by atoms with Crippen molar-refractivity contribution in [2.45, 2.75) is 65.3 Å². The molecule has 0 amide bonds. The molecule has 1 nitrogen and oxygen atoms in total. The van der Waals surface area contributed by atoms with Crippen molar-refractivity contribution < 1.29 is 0 Å². The van der Waals surface area contributed by atoms with Crippen LogP contribution < -0.4 is 5.32 Å². The molecular formula is C13H27N. The second-order valence-electron chi connectivity index (χ2n) is 5.19. The fourth-order valence-corrected chi connectivity index (χ4v) is 2.95. The Balaban J connectivity index is 2.10. The molecule has 0 bridgehead atoms. The normalized spacial score (nSPS) is 22.5. The summed E-state index contributed by atoms with van der Waals surface area (Å²) < 4.78 is 0. The molecule has 84 valence electrons. The molecule has 0 heterocycles. The maximum atomic E-state index is 3.50. The maximum absolute atomic E-state index is 3.50. The van der Waals surface area contributed by atoms with Gasteiger partial charge in [-0.1, -0.05) is 39.5 Å². The first-order chi connectivity index (χ1) is 6.72. The van der Waals surface area contributed by atoms with E-state index in [4.69, 9.17) is 0 Å². The number of nitrogens with one attached hydrogen (secondary N) is 1. The lowest BCUT2D eigenvalue weighted by Gasteiger charge is -2.20. The lowest BCUT2D eigenvalue weighted by atomic mass is 9.90. The van der Waals surface area contributed by atoms with Crippen LogP contribution in [0.3, 0.4) is 0 Å². The summed E-state index contributed by atoms with van der Waals surface area (Å²) in [5, 5.41) is 3.50. The summed E-state index contributed by atoms with van der Waals surface area (Å²) in [4.78, 5) is 0. The molecule has 0 saturated heterocycles. The van der Waals surface area contributed by atoms with Crippen molar-refractivity contribution in [3.05, 3.63) is 0 Å². The van der Waals surface area contributed by atoms with Crippen molar-refractivity contribution in [1.82, 2.24) is 5.32 Å². The minimum Gasteiger partial charge on any atom is -0.315 e. The second-order valence-corrected chi connectivity index (χ2v) is 5.19. The van der Waals surface area contributed by atoms with Crippen molar-refractivity contribution in [2.75, 3.05) is 6.54 Å². The highest BCUT2D eigenvalue weighted by Gasteiger charge is 2.18. The molecule has 1 saturated carbocycles. The van der Waals surface area contributed by atoms with Crippen molar-refractivity contribution in [2.24, 2.45) is 11.8 Å². The van der Waals surface area contributed by atoms with Gasteiger partial charge in [0, 0.05) is 6.04 Å². The van der Waals surface area contributed by atoms with Gasteiger partial charge in [-0.15, -0.1) is 0 Å². The van der Waals surface area contributed by atoms with Gasteiger partial charge >= 0.3 is 0 Å². The third-order valence-electron chi connectivity index (χ3n) is 3.52. The molecule has 1 N–H and O–H groups in total. The molecule has 0 spiro atoms. The number of hydrogen-bond acceptors (Lipinski definition) is 1. The minimum absolute atomic E-state index is 0.705. The van der Waals surface area contributed by atoms with E-state index in [0.29, 0.717) is 6.04 Å². The summed E-state index contributed by atoms with van der Waals surface area (Å²) in [5.41, 5.74) is 0. The van der Waals surface area contributed by atoms with E-state index in [1.807, 2.05) is 0 Å². The van der Waals surface area contributed by atoms with Crippen molar-refractivity contribution in [3.8, 4) is 0 Å². The van der Waals surface area contributed by atoms with Crippen LogP contribution in [0.1, 0.15) is 59.3 Å². The third-order valence-corrected chi connectivity index (χ3v) is 3.52. The summed E-state index contributed by atoms with van der Waals surface area (Å²) in [6.45, 7) is 8.04. The van der Waals surface area contributed by atoms with Crippen LogP contribution in [0.2, 0.25) is 0 Å². The van der Waals surface area contributed by atoms with Crippen molar-refractivity contribution in [1.29, 1.82) is 0 Å². The molecule has 0 aromatic heterocycles. The van der Waals surface area contributed by atoms with E-state index in [9.17, 15) is 0 Å². The van der Waals surface area contributed by atoms with Gasteiger partial charge in [0.05, 0.1) is 0 Å². The minimum atomic E-state index is 0.705. The summed E-state index contributed by atoms with van der Waals surface area (Å²) in [6, 6.07) is 0.705. The van der Waals surface area contributed by atoms with Crippen LogP contribution in [-0.2, 0) is 0 Å². The quantitative estimate of drug-likeness (QED) is 0.686. The molecule has 1 aliphatic rings. The van der Waals surface area contributed by atoms with Crippen LogP contribution in [0.5, 0.6) is 0 Å². The molecule has 1 aliphatic carbocycles. The van der Waals surface area contributed by atoms with Gasteiger partial charge in [0.2, 0.25) is 0 Å². The molecule has 2 atom stereocenters. The molecule has 0 aromatic carbocycles. The summed E-state index contributed by atoms with van der Waals surface area (Å²) in [5.74, 6) is 1.96. The zero-order chi connectivity index (χ0) is 10.4. The Kier molecular flexibility index (Phi) is 5.54. The smallest absolute Gasteiger partial charge is 0.00411 e. The Hall–Kier alpha value is -0.0400. The van der Waals surface area contributed by atoms with E-state index in [-0.39, 0.29) is 0 Å². The molecule has 14 heavy (non-hydrogen) atoms. The maximum Gasteiger partial charge on any atom is 0.00411 e. The predicted molar refractivity (Wildman–Crippen MR) is 63.5 cm³/mol. The predicted octanol–water partition coefficient (Wildman–Crippen LogP) is 3.59. The van der Waals surface area contributed by atoms with E-state index >= 15 is 0 Å². The average molecular weight is 197 g/mol. The lowest BCUT2D eigenvalue weighted by molar-refractivity contribution is 0.344. The van der Waals surface area contributed by atoms with E-state index in [2.05, 4.69) is 26.1 Å². The van der Waals surface area contributed by atoms with Crippen LogP contribution in [0, 0.1) is 11.8 Å². The third kappa shape index (κ3) is 4.45. The standard InChI is InChI=1S/C13H27N/c1-4-14-12(3)9-11(2)10-13-7-5-6-8-13/h11-14H,4-10H2,1-3H3. The Morgan fingerprint density at radius 3 is 2.43 bits per heavy atom. The summed E-state index contributed by atoms with van der Waals surface area (Å²) in [6.07, 6.45) is 8.79. The Morgan fingerprint density at radius 1 is 1.21 bits per heavy atom. The lowest BCUT2D eigenvalue weighted by Crippen LogP contribution is -2.27. The highest BCUT2D eigenvalue weighted by molar-refractivity contribution is 4.72. The van der Waals surface area contributed by atoms with Crippen LogP contribution >= 0.6 is 0 Å². The topological polar surface area (TPSA) is 12.0 Å². The first-order valence-corrected chi connectivity index (χ1v) is 6.45. The van der Waals surface area contributed by atoms with Gasteiger partial charge in [0.15, 0.2) is 0 Å². The van der Waals surface area contributed by atoms with Crippen molar-refractivity contribution in [3.63, 3.8) is 0 Å². The van der Waals surface area contributed by atoms with E-state index in [1.165, 1.54) is 38.5 Å². The second kappa shape index (κ2) is 6.44. The summed E-state index contributed by atoms with van der Waals surface area (Å²) >= 11 is 0. The van der Waals surface area contributed by atoms with Crippen LogP contribution in [0.15, 0.2) is 0 Å². The fourth-order valence-electron chi connectivity index (χ4n) is 2.95. The van der Waals surface area contributed by atoms with Gasteiger partial charge in [0.1, 0.15) is 0 Å². The zero-order valence-electron chi connectivity index (χ0n) is 10.2. The Labute approximate surface area is 89.7 Å². The van der Waals surface area contributed by atoms with E-state index in [1.54, 1.807) is 0 Å². The fraction of sp³-hybridized carbons (Fsp3) is 1.00. The first kappa shape index (κ1) is 12.0. The van der Waals surface area contributed by atoms with Gasteiger partial charge < -0.3 is 5.32 Å². The Morgan fingerprint density at radius 2 is 1.86 bits per heavy atom. The Bertz CT molecular complexity index is 138. The molecule has 0 radical (unpaired) electrons. The molecule has 0 aliphatic heterocycles. The average Bonchev–Trinajstić information content (AvgIpc) is 2.56. The largest absolute Gasteiger partial charge is 0.315 e. The van der Waals surface area contributed by atoms with Crippen molar-refractivity contribution >= 4 is 0 Å². The van der Waals surface area contributed by atoms with Gasteiger partial charge in [0.25, 0.3) is 0 Å².